The van der Waals surface area contributed by atoms with Crippen molar-refractivity contribution >= 4 is 17.7 Å². The Morgan fingerprint density at radius 2 is 1.45 bits per heavy atom. The van der Waals surface area contributed by atoms with E-state index in [9.17, 15) is 14.7 Å². The van der Waals surface area contributed by atoms with Gasteiger partial charge >= 0.3 is 12.0 Å². The minimum atomic E-state index is -1.36. The van der Waals surface area contributed by atoms with Crippen molar-refractivity contribution in [3.63, 3.8) is 0 Å². The molecule has 168 valence electrons. The Morgan fingerprint density at radius 1 is 0.871 bits per heavy atom. The first kappa shape index (κ1) is 23.6. The monoisotopic (exact) mass is 434 g/mol. The molecule has 2 unspecified atom stereocenters. The third-order valence-electron chi connectivity index (χ3n) is 4.44. The van der Waals surface area contributed by atoms with Gasteiger partial charge in [0.25, 0.3) is 0 Å². The SMILES string of the molecule is COC(=O)C(NC(=O)Nc1cc(OC)c(OC)c(OC)c1)C(O)c1ccc(OC)cc1. The van der Waals surface area contributed by atoms with Gasteiger partial charge in [0.15, 0.2) is 17.5 Å². The molecule has 0 aliphatic rings. The van der Waals surface area contributed by atoms with Crippen LogP contribution in [0.25, 0.3) is 0 Å². The van der Waals surface area contributed by atoms with E-state index >= 15 is 0 Å². The molecule has 0 aliphatic heterocycles. The maximum atomic E-state index is 12.6. The number of urea groups is 1. The van der Waals surface area contributed by atoms with Crippen LogP contribution in [0, 0.1) is 0 Å². The van der Waals surface area contributed by atoms with Crippen LogP contribution in [-0.4, -0.2) is 58.7 Å². The van der Waals surface area contributed by atoms with E-state index in [0.29, 0.717) is 34.2 Å². The van der Waals surface area contributed by atoms with Crippen molar-refractivity contribution in [1.29, 1.82) is 0 Å². The number of hydrogen-bond acceptors (Lipinski definition) is 8. The van der Waals surface area contributed by atoms with E-state index in [4.69, 9.17) is 23.7 Å². The Kier molecular flexibility index (Phi) is 8.33. The summed E-state index contributed by atoms with van der Waals surface area (Å²) in [6, 6.07) is 7.35. The highest BCUT2D eigenvalue weighted by atomic mass is 16.5. The quantitative estimate of drug-likeness (QED) is 0.513. The largest absolute Gasteiger partial charge is 0.497 e. The van der Waals surface area contributed by atoms with Crippen LogP contribution in [-0.2, 0) is 9.53 Å². The van der Waals surface area contributed by atoms with Crippen LogP contribution in [0.1, 0.15) is 11.7 Å². The van der Waals surface area contributed by atoms with Gasteiger partial charge in [0.05, 0.1) is 41.2 Å². The van der Waals surface area contributed by atoms with E-state index in [2.05, 4.69) is 10.6 Å². The summed E-state index contributed by atoms with van der Waals surface area (Å²) in [6.07, 6.45) is -1.36. The number of carbonyl (C=O) groups is 2. The fourth-order valence-corrected chi connectivity index (χ4v) is 2.85. The predicted octanol–water partition coefficient (Wildman–Crippen LogP) is 2.12. The third kappa shape index (κ3) is 5.70. The first-order valence-electron chi connectivity index (χ1n) is 9.15. The maximum absolute atomic E-state index is 12.6. The molecule has 2 aromatic carbocycles. The van der Waals surface area contributed by atoms with Gasteiger partial charge in [-0.25, -0.2) is 9.59 Å². The lowest BCUT2D eigenvalue weighted by Crippen LogP contribution is -2.47. The molecule has 0 aromatic heterocycles. The van der Waals surface area contributed by atoms with Crippen LogP contribution in [0.2, 0.25) is 0 Å². The normalized spacial score (nSPS) is 12.2. The summed E-state index contributed by atoms with van der Waals surface area (Å²) in [5.74, 6) is 0.792. The number of hydrogen-bond donors (Lipinski definition) is 3. The Morgan fingerprint density at radius 3 is 1.90 bits per heavy atom. The molecule has 2 aromatic rings. The number of anilines is 1. The van der Waals surface area contributed by atoms with Gasteiger partial charge in [-0.1, -0.05) is 12.1 Å². The number of methoxy groups -OCH3 is 5. The molecule has 0 bridgehead atoms. The number of aliphatic hydroxyl groups is 1. The summed E-state index contributed by atoms with van der Waals surface area (Å²) >= 11 is 0. The number of esters is 1. The summed E-state index contributed by atoms with van der Waals surface area (Å²) in [7, 11) is 7.02. The van der Waals surface area contributed by atoms with Gasteiger partial charge in [0, 0.05) is 12.1 Å². The second-order valence-corrected chi connectivity index (χ2v) is 6.23. The molecule has 0 aliphatic carbocycles. The molecule has 31 heavy (non-hydrogen) atoms. The van der Waals surface area contributed by atoms with E-state index < -0.39 is 24.1 Å². The number of aliphatic hydroxyl groups excluding tert-OH is 1. The molecule has 2 amide bonds. The first-order valence-corrected chi connectivity index (χ1v) is 9.15. The fraction of sp³-hybridized carbons (Fsp3) is 0.333. The fourth-order valence-electron chi connectivity index (χ4n) is 2.85. The van der Waals surface area contributed by atoms with Crippen molar-refractivity contribution in [2.75, 3.05) is 40.9 Å². The standard InChI is InChI=1S/C21H26N2O8/c1-27-14-8-6-12(7-9-14)18(24)17(20(25)31-5)23-21(26)22-13-10-15(28-2)19(30-4)16(11-13)29-3/h6-11,17-18,24H,1-5H3,(H2,22,23,26). The molecule has 2 atom stereocenters. The molecule has 0 radical (unpaired) electrons. The average Bonchev–Trinajstić information content (AvgIpc) is 2.80. The molecule has 10 nitrogen and oxygen atoms in total. The van der Waals surface area contributed by atoms with Crippen molar-refractivity contribution in [2.24, 2.45) is 0 Å². The average molecular weight is 434 g/mol. The maximum Gasteiger partial charge on any atom is 0.331 e. The van der Waals surface area contributed by atoms with Gasteiger partial charge in [-0.05, 0) is 17.7 Å². The number of ether oxygens (including phenoxy) is 5. The zero-order valence-corrected chi connectivity index (χ0v) is 17.9. The van der Waals surface area contributed by atoms with Crippen LogP contribution in [0.3, 0.4) is 0 Å². The lowest BCUT2D eigenvalue weighted by molar-refractivity contribution is -0.145. The highest BCUT2D eigenvalue weighted by Gasteiger charge is 2.31. The van der Waals surface area contributed by atoms with E-state index in [1.54, 1.807) is 24.3 Å². The molecule has 0 heterocycles. The van der Waals surface area contributed by atoms with Gasteiger partial charge in [-0.2, -0.15) is 0 Å². The Labute approximate surface area is 180 Å². The molecule has 3 N–H and O–H groups in total. The lowest BCUT2D eigenvalue weighted by atomic mass is 10.0. The Bertz CT molecular complexity index is 876. The van der Waals surface area contributed by atoms with E-state index in [-0.39, 0.29) is 0 Å². The first-order chi connectivity index (χ1) is 14.9. The van der Waals surface area contributed by atoms with Gasteiger partial charge in [-0.15, -0.1) is 0 Å². The van der Waals surface area contributed by atoms with Crippen molar-refractivity contribution in [1.82, 2.24) is 5.32 Å². The number of rotatable bonds is 9. The second-order valence-electron chi connectivity index (χ2n) is 6.23. The summed E-state index contributed by atoms with van der Waals surface area (Å²) in [4.78, 5) is 24.8. The van der Waals surface area contributed by atoms with Gasteiger partial charge in [0.2, 0.25) is 5.75 Å². The zero-order chi connectivity index (χ0) is 23.0. The molecule has 0 spiro atoms. The van der Waals surface area contributed by atoms with Crippen LogP contribution < -0.4 is 29.6 Å². The van der Waals surface area contributed by atoms with E-state index in [1.807, 2.05) is 0 Å². The van der Waals surface area contributed by atoms with Crippen molar-refractivity contribution < 1.29 is 38.4 Å². The van der Waals surface area contributed by atoms with Crippen LogP contribution >= 0.6 is 0 Å². The van der Waals surface area contributed by atoms with Crippen LogP contribution in [0.4, 0.5) is 10.5 Å². The molecule has 10 heteroatoms. The summed E-state index contributed by atoms with van der Waals surface area (Å²) in [6.45, 7) is 0. The molecule has 0 fully saturated rings. The van der Waals surface area contributed by atoms with Gasteiger partial charge in [0.1, 0.15) is 11.9 Å². The van der Waals surface area contributed by atoms with Crippen molar-refractivity contribution in [3.8, 4) is 23.0 Å². The highest BCUT2D eigenvalue weighted by Crippen LogP contribution is 2.39. The molecular weight excluding hydrogens is 408 g/mol. The Hall–Kier alpha value is -3.66. The number of amides is 2. The van der Waals surface area contributed by atoms with Gasteiger partial charge in [-0.3, -0.25) is 0 Å². The summed E-state index contributed by atoms with van der Waals surface area (Å²) < 4.78 is 25.6. The minimum Gasteiger partial charge on any atom is -0.497 e. The number of carbonyl (C=O) groups excluding carboxylic acids is 2. The third-order valence-corrected chi connectivity index (χ3v) is 4.44. The molecular formula is C21H26N2O8. The molecule has 0 saturated heterocycles. The zero-order valence-electron chi connectivity index (χ0n) is 17.9. The van der Waals surface area contributed by atoms with Crippen molar-refractivity contribution in [2.45, 2.75) is 12.1 Å². The summed E-state index contributed by atoms with van der Waals surface area (Å²) in [5, 5.41) is 15.7. The van der Waals surface area contributed by atoms with Crippen LogP contribution in [0.15, 0.2) is 36.4 Å². The number of nitrogens with one attached hydrogen (secondary N) is 2. The number of benzene rings is 2. The van der Waals surface area contributed by atoms with E-state index in [0.717, 1.165) is 7.11 Å². The smallest absolute Gasteiger partial charge is 0.331 e. The Balaban J connectivity index is 2.22. The predicted molar refractivity (Wildman–Crippen MR) is 112 cm³/mol. The van der Waals surface area contributed by atoms with E-state index in [1.165, 1.54) is 40.6 Å². The van der Waals surface area contributed by atoms with Gasteiger partial charge < -0.3 is 39.4 Å². The van der Waals surface area contributed by atoms with Crippen LogP contribution in [0.5, 0.6) is 23.0 Å². The minimum absolute atomic E-state index is 0.314. The van der Waals surface area contributed by atoms with Crippen molar-refractivity contribution in [3.05, 3.63) is 42.0 Å². The molecule has 2 rings (SSSR count). The molecule has 0 saturated carbocycles. The highest BCUT2D eigenvalue weighted by molar-refractivity contribution is 5.93. The second kappa shape index (κ2) is 10.9. The summed E-state index contributed by atoms with van der Waals surface area (Å²) in [5.41, 5.74) is 0.707. The topological polar surface area (TPSA) is 125 Å². The lowest BCUT2D eigenvalue weighted by Gasteiger charge is -2.23.